The standard InChI is InChI=1S/C11H19FO2/c1-8(2)10(12)11(13)14-9-6-4-3-5-7-9/h8-10H,3-7H2,1-2H3. The van der Waals surface area contributed by atoms with E-state index in [-0.39, 0.29) is 12.0 Å². The van der Waals surface area contributed by atoms with Gasteiger partial charge in [-0.25, -0.2) is 9.18 Å². The van der Waals surface area contributed by atoms with Crippen molar-refractivity contribution in [1.29, 1.82) is 0 Å². The van der Waals surface area contributed by atoms with E-state index in [1.54, 1.807) is 13.8 Å². The molecule has 1 unspecified atom stereocenters. The molecule has 82 valence electrons. The van der Waals surface area contributed by atoms with Crippen molar-refractivity contribution in [2.45, 2.75) is 58.2 Å². The first-order valence-corrected chi connectivity index (χ1v) is 5.46. The maximum absolute atomic E-state index is 13.2. The van der Waals surface area contributed by atoms with Gasteiger partial charge in [-0.3, -0.25) is 0 Å². The van der Waals surface area contributed by atoms with E-state index >= 15 is 0 Å². The monoisotopic (exact) mass is 202 g/mol. The fourth-order valence-electron chi connectivity index (χ4n) is 1.68. The third kappa shape index (κ3) is 3.28. The van der Waals surface area contributed by atoms with Crippen LogP contribution in [0.5, 0.6) is 0 Å². The molecule has 1 aliphatic carbocycles. The molecule has 0 radical (unpaired) electrons. The van der Waals surface area contributed by atoms with Crippen LogP contribution in [-0.4, -0.2) is 18.2 Å². The number of halogens is 1. The van der Waals surface area contributed by atoms with Crippen LogP contribution in [0.25, 0.3) is 0 Å². The molecule has 2 nitrogen and oxygen atoms in total. The van der Waals surface area contributed by atoms with Crippen molar-refractivity contribution >= 4 is 5.97 Å². The Labute approximate surface area is 84.8 Å². The van der Waals surface area contributed by atoms with Gasteiger partial charge in [0.2, 0.25) is 0 Å². The third-order valence-electron chi connectivity index (χ3n) is 2.65. The van der Waals surface area contributed by atoms with Crippen LogP contribution in [0, 0.1) is 5.92 Å². The van der Waals surface area contributed by atoms with Crippen molar-refractivity contribution < 1.29 is 13.9 Å². The molecule has 0 bridgehead atoms. The molecule has 0 N–H and O–H groups in total. The molecule has 1 fully saturated rings. The zero-order valence-electron chi connectivity index (χ0n) is 8.96. The molecule has 1 atom stereocenters. The molecule has 3 heteroatoms. The first kappa shape index (κ1) is 11.5. The van der Waals surface area contributed by atoms with Crippen molar-refractivity contribution in [3.05, 3.63) is 0 Å². The van der Waals surface area contributed by atoms with E-state index in [1.807, 2.05) is 0 Å². The zero-order chi connectivity index (χ0) is 10.6. The fraction of sp³-hybridized carbons (Fsp3) is 0.909. The van der Waals surface area contributed by atoms with Crippen LogP contribution < -0.4 is 0 Å². The summed E-state index contributed by atoms with van der Waals surface area (Å²) in [5.41, 5.74) is 0. The predicted molar refractivity (Wildman–Crippen MR) is 52.7 cm³/mol. The lowest BCUT2D eigenvalue weighted by Gasteiger charge is -2.23. The zero-order valence-corrected chi connectivity index (χ0v) is 8.96. The number of rotatable bonds is 3. The molecule has 1 rings (SSSR count). The Hall–Kier alpha value is -0.600. The smallest absolute Gasteiger partial charge is 0.341 e. The molecule has 14 heavy (non-hydrogen) atoms. The Kier molecular flexibility index (Phi) is 4.36. The summed E-state index contributed by atoms with van der Waals surface area (Å²) in [5.74, 6) is -0.960. The Bertz CT molecular complexity index is 186. The van der Waals surface area contributed by atoms with Crippen LogP contribution in [0.4, 0.5) is 4.39 Å². The van der Waals surface area contributed by atoms with Gasteiger partial charge in [0.25, 0.3) is 0 Å². The second-order valence-corrected chi connectivity index (χ2v) is 4.34. The molecule has 0 saturated heterocycles. The van der Waals surface area contributed by atoms with Gasteiger partial charge in [0.15, 0.2) is 6.17 Å². The van der Waals surface area contributed by atoms with Gasteiger partial charge in [-0.05, 0) is 31.6 Å². The fourth-order valence-corrected chi connectivity index (χ4v) is 1.68. The largest absolute Gasteiger partial charge is 0.460 e. The number of alkyl halides is 1. The summed E-state index contributed by atoms with van der Waals surface area (Å²) >= 11 is 0. The number of ether oxygens (including phenoxy) is 1. The SMILES string of the molecule is CC(C)C(F)C(=O)OC1CCCCC1. The highest BCUT2D eigenvalue weighted by Gasteiger charge is 2.26. The van der Waals surface area contributed by atoms with Crippen LogP contribution in [0.1, 0.15) is 46.0 Å². The van der Waals surface area contributed by atoms with E-state index in [0.29, 0.717) is 0 Å². The van der Waals surface area contributed by atoms with E-state index in [4.69, 9.17) is 4.74 Å². The van der Waals surface area contributed by atoms with Crippen LogP contribution in [-0.2, 0) is 9.53 Å². The second kappa shape index (κ2) is 5.32. The molecule has 0 aromatic heterocycles. The summed E-state index contributed by atoms with van der Waals surface area (Å²) in [6.45, 7) is 3.37. The first-order valence-electron chi connectivity index (χ1n) is 5.46. The van der Waals surface area contributed by atoms with Crippen LogP contribution in [0.2, 0.25) is 0 Å². The minimum Gasteiger partial charge on any atom is -0.460 e. The molecule has 0 aliphatic heterocycles. The molecule has 0 spiro atoms. The van der Waals surface area contributed by atoms with Crippen molar-refractivity contribution in [2.75, 3.05) is 0 Å². The van der Waals surface area contributed by atoms with Crippen LogP contribution in [0.3, 0.4) is 0 Å². The Balaban J connectivity index is 2.31. The molecular weight excluding hydrogens is 183 g/mol. The minimum absolute atomic E-state index is 0.0340. The molecule has 1 aliphatic rings. The summed E-state index contributed by atoms with van der Waals surface area (Å²) in [6.07, 6.45) is 3.70. The van der Waals surface area contributed by atoms with Gasteiger partial charge in [-0.1, -0.05) is 20.3 Å². The predicted octanol–water partition coefficient (Wildman–Crippen LogP) is 2.86. The van der Waals surface area contributed by atoms with E-state index in [2.05, 4.69) is 0 Å². The van der Waals surface area contributed by atoms with Crippen molar-refractivity contribution in [3.8, 4) is 0 Å². The molecule has 0 aromatic carbocycles. The lowest BCUT2D eigenvalue weighted by molar-refractivity contribution is -0.158. The van der Waals surface area contributed by atoms with Crippen molar-refractivity contribution in [2.24, 2.45) is 5.92 Å². The number of hydrogen-bond donors (Lipinski definition) is 0. The lowest BCUT2D eigenvalue weighted by Crippen LogP contribution is -2.29. The summed E-state index contributed by atoms with van der Waals surface area (Å²) in [7, 11) is 0. The first-order chi connectivity index (χ1) is 6.61. The van der Waals surface area contributed by atoms with E-state index in [1.165, 1.54) is 6.42 Å². The molecule has 1 saturated carbocycles. The van der Waals surface area contributed by atoms with Crippen LogP contribution in [0.15, 0.2) is 0 Å². The van der Waals surface area contributed by atoms with Gasteiger partial charge in [-0.2, -0.15) is 0 Å². The summed E-state index contributed by atoms with van der Waals surface area (Å²) in [6, 6.07) is 0. The molecule has 0 aromatic rings. The van der Waals surface area contributed by atoms with Crippen LogP contribution >= 0.6 is 0 Å². The number of carbonyl (C=O) groups excluding carboxylic acids is 1. The Morgan fingerprint density at radius 3 is 2.36 bits per heavy atom. The maximum Gasteiger partial charge on any atom is 0.341 e. The van der Waals surface area contributed by atoms with E-state index < -0.39 is 12.1 Å². The van der Waals surface area contributed by atoms with Gasteiger partial charge in [0, 0.05) is 0 Å². The average molecular weight is 202 g/mol. The Morgan fingerprint density at radius 1 is 1.29 bits per heavy atom. The Morgan fingerprint density at radius 2 is 1.86 bits per heavy atom. The summed E-state index contributed by atoms with van der Waals surface area (Å²) in [5, 5.41) is 0. The highest BCUT2D eigenvalue weighted by atomic mass is 19.1. The van der Waals surface area contributed by atoms with E-state index in [0.717, 1.165) is 25.7 Å². The molecule has 0 amide bonds. The van der Waals surface area contributed by atoms with Gasteiger partial charge in [0.05, 0.1) is 0 Å². The van der Waals surface area contributed by atoms with E-state index in [9.17, 15) is 9.18 Å². The third-order valence-corrected chi connectivity index (χ3v) is 2.65. The average Bonchev–Trinajstić information content (AvgIpc) is 2.18. The van der Waals surface area contributed by atoms with Crippen molar-refractivity contribution in [3.63, 3.8) is 0 Å². The summed E-state index contributed by atoms with van der Waals surface area (Å²) < 4.78 is 18.3. The highest BCUT2D eigenvalue weighted by molar-refractivity contribution is 5.74. The van der Waals surface area contributed by atoms with Crippen molar-refractivity contribution in [1.82, 2.24) is 0 Å². The second-order valence-electron chi connectivity index (χ2n) is 4.34. The lowest BCUT2D eigenvalue weighted by atomic mass is 9.97. The maximum atomic E-state index is 13.2. The number of hydrogen-bond acceptors (Lipinski definition) is 2. The van der Waals surface area contributed by atoms with Gasteiger partial charge < -0.3 is 4.74 Å². The summed E-state index contributed by atoms with van der Waals surface area (Å²) in [4.78, 5) is 11.3. The van der Waals surface area contributed by atoms with Gasteiger partial charge in [0.1, 0.15) is 6.10 Å². The topological polar surface area (TPSA) is 26.3 Å². The molecule has 0 heterocycles. The quantitative estimate of drug-likeness (QED) is 0.658. The number of carbonyl (C=O) groups is 1. The minimum atomic E-state index is -1.46. The van der Waals surface area contributed by atoms with Gasteiger partial charge >= 0.3 is 5.97 Å². The number of esters is 1. The molecular formula is C11H19FO2. The van der Waals surface area contributed by atoms with Gasteiger partial charge in [-0.15, -0.1) is 0 Å². The normalized spacial score (nSPS) is 20.9. The highest BCUT2D eigenvalue weighted by Crippen LogP contribution is 2.21.